The third kappa shape index (κ3) is 3.95. The molecular formula is C19H17N3O2. The van der Waals surface area contributed by atoms with Crippen molar-refractivity contribution in [2.45, 2.75) is 13.3 Å². The Labute approximate surface area is 139 Å². The number of anilines is 1. The maximum absolute atomic E-state index is 12.1. The van der Waals surface area contributed by atoms with Crippen molar-refractivity contribution in [1.29, 1.82) is 0 Å². The molecule has 3 aromatic rings. The molecule has 1 amide bonds. The fraction of sp³-hybridized carbons (Fsp3) is 0.105. The maximum atomic E-state index is 12.1. The number of benzene rings is 2. The van der Waals surface area contributed by atoms with Crippen LogP contribution in [0.15, 0.2) is 65.5 Å². The lowest BCUT2D eigenvalue weighted by Crippen LogP contribution is -2.14. The van der Waals surface area contributed by atoms with E-state index in [0.717, 1.165) is 11.1 Å². The largest absolute Gasteiger partial charge is 0.326 e. The number of nitrogens with one attached hydrogen (secondary N) is 2. The highest BCUT2D eigenvalue weighted by Crippen LogP contribution is 2.17. The van der Waals surface area contributed by atoms with E-state index in [1.54, 1.807) is 19.1 Å². The molecule has 5 nitrogen and oxygen atoms in total. The van der Waals surface area contributed by atoms with E-state index in [1.807, 2.05) is 42.5 Å². The first-order chi connectivity index (χ1) is 11.6. The van der Waals surface area contributed by atoms with Crippen molar-refractivity contribution in [3.05, 3.63) is 82.3 Å². The Kier molecular flexibility index (Phi) is 4.52. The minimum absolute atomic E-state index is 0.0731. The zero-order valence-corrected chi connectivity index (χ0v) is 13.2. The van der Waals surface area contributed by atoms with Gasteiger partial charge in [0.15, 0.2) is 0 Å². The van der Waals surface area contributed by atoms with Gasteiger partial charge in [-0.05, 0) is 36.8 Å². The molecule has 24 heavy (non-hydrogen) atoms. The van der Waals surface area contributed by atoms with Gasteiger partial charge in [0.25, 0.3) is 5.56 Å². The molecule has 1 heterocycles. The van der Waals surface area contributed by atoms with Gasteiger partial charge in [0.05, 0.1) is 6.42 Å². The number of rotatable bonds is 4. The summed E-state index contributed by atoms with van der Waals surface area (Å²) in [4.78, 5) is 30.6. The van der Waals surface area contributed by atoms with Crippen LogP contribution in [0.5, 0.6) is 0 Å². The zero-order chi connectivity index (χ0) is 16.9. The first-order valence-corrected chi connectivity index (χ1v) is 7.62. The number of hydrogen-bond acceptors (Lipinski definition) is 3. The van der Waals surface area contributed by atoms with E-state index in [4.69, 9.17) is 0 Å². The molecule has 0 atom stereocenters. The van der Waals surface area contributed by atoms with E-state index in [2.05, 4.69) is 15.3 Å². The number of carbonyl (C=O) groups is 1. The average molecular weight is 319 g/mol. The number of nitrogens with zero attached hydrogens (tertiary/aromatic N) is 1. The standard InChI is InChI=1S/C19H17N3O2/c1-13-11-17(23)22-19(20-13)15-7-9-16(10-8-15)21-18(24)12-14-5-3-2-4-6-14/h2-11H,12H2,1H3,(H,21,24)(H,20,22,23). The summed E-state index contributed by atoms with van der Waals surface area (Å²) in [7, 11) is 0. The molecule has 0 unspecified atom stereocenters. The summed E-state index contributed by atoms with van der Waals surface area (Å²) >= 11 is 0. The van der Waals surface area contributed by atoms with Crippen molar-refractivity contribution in [2.24, 2.45) is 0 Å². The molecule has 0 radical (unpaired) electrons. The van der Waals surface area contributed by atoms with E-state index in [9.17, 15) is 9.59 Å². The highest BCUT2D eigenvalue weighted by atomic mass is 16.1. The average Bonchev–Trinajstić information content (AvgIpc) is 2.55. The van der Waals surface area contributed by atoms with E-state index in [1.165, 1.54) is 6.07 Å². The predicted molar refractivity (Wildman–Crippen MR) is 93.8 cm³/mol. The van der Waals surface area contributed by atoms with Crippen molar-refractivity contribution in [3.63, 3.8) is 0 Å². The van der Waals surface area contributed by atoms with Gasteiger partial charge in [-0.1, -0.05) is 30.3 Å². The molecule has 3 rings (SSSR count). The van der Waals surface area contributed by atoms with Crippen LogP contribution >= 0.6 is 0 Å². The Balaban J connectivity index is 1.70. The molecule has 0 saturated carbocycles. The molecule has 0 bridgehead atoms. The third-order valence-corrected chi connectivity index (χ3v) is 3.52. The van der Waals surface area contributed by atoms with Crippen LogP contribution in [0, 0.1) is 6.92 Å². The van der Waals surface area contributed by atoms with Crippen molar-refractivity contribution >= 4 is 11.6 Å². The van der Waals surface area contributed by atoms with Crippen LogP contribution in [0.1, 0.15) is 11.3 Å². The van der Waals surface area contributed by atoms with Gasteiger partial charge in [-0.15, -0.1) is 0 Å². The van der Waals surface area contributed by atoms with Crippen LogP contribution in [0.4, 0.5) is 5.69 Å². The number of aromatic amines is 1. The van der Waals surface area contributed by atoms with E-state index < -0.39 is 0 Å². The second-order valence-electron chi connectivity index (χ2n) is 5.52. The Morgan fingerprint density at radius 2 is 1.79 bits per heavy atom. The summed E-state index contributed by atoms with van der Waals surface area (Å²) in [5, 5.41) is 2.86. The summed E-state index contributed by atoms with van der Waals surface area (Å²) in [6.45, 7) is 1.77. The Morgan fingerprint density at radius 3 is 2.46 bits per heavy atom. The normalized spacial score (nSPS) is 10.4. The lowest BCUT2D eigenvalue weighted by Gasteiger charge is -2.07. The Morgan fingerprint density at radius 1 is 1.08 bits per heavy atom. The SMILES string of the molecule is Cc1cc(=O)[nH]c(-c2ccc(NC(=O)Cc3ccccc3)cc2)n1. The smallest absolute Gasteiger partial charge is 0.251 e. The van der Waals surface area contributed by atoms with Gasteiger partial charge in [0, 0.05) is 23.0 Å². The van der Waals surface area contributed by atoms with E-state index in [0.29, 0.717) is 23.6 Å². The van der Waals surface area contributed by atoms with E-state index in [-0.39, 0.29) is 11.5 Å². The zero-order valence-electron chi connectivity index (χ0n) is 13.2. The molecule has 0 saturated heterocycles. The molecule has 120 valence electrons. The molecule has 0 aliphatic rings. The monoisotopic (exact) mass is 319 g/mol. The van der Waals surface area contributed by atoms with Gasteiger partial charge in [0.1, 0.15) is 5.82 Å². The summed E-state index contributed by atoms with van der Waals surface area (Å²) in [5.41, 5.74) is 2.94. The minimum Gasteiger partial charge on any atom is -0.326 e. The third-order valence-electron chi connectivity index (χ3n) is 3.52. The second kappa shape index (κ2) is 6.91. The van der Waals surface area contributed by atoms with Crippen LogP contribution in [0.3, 0.4) is 0 Å². The first-order valence-electron chi connectivity index (χ1n) is 7.62. The van der Waals surface area contributed by atoms with Crippen LogP contribution < -0.4 is 10.9 Å². The topological polar surface area (TPSA) is 74.8 Å². The number of carbonyl (C=O) groups excluding carboxylic acids is 1. The lowest BCUT2D eigenvalue weighted by atomic mass is 10.1. The Hall–Kier alpha value is -3.21. The van der Waals surface area contributed by atoms with Crippen molar-refractivity contribution in [3.8, 4) is 11.4 Å². The number of aromatic nitrogens is 2. The summed E-state index contributed by atoms with van der Waals surface area (Å²) in [6.07, 6.45) is 0.329. The highest BCUT2D eigenvalue weighted by Gasteiger charge is 2.06. The number of hydrogen-bond donors (Lipinski definition) is 2. The molecule has 0 fully saturated rings. The Bertz CT molecular complexity index is 900. The van der Waals surface area contributed by atoms with Crippen LogP contribution in [-0.4, -0.2) is 15.9 Å². The highest BCUT2D eigenvalue weighted by molar-refractivity contribution is 5.92. The minimum atomic E-state index is -0.183. The van der Waals surface area contributed by atoms with Gasteiger partial charge in [-0.3, -0.25) is 9.59 Å². The number of aryl methyl sites for hydroxylation is 1. The van der Waals surface area contributed by atoms with Gasteiger partial charge in [0.2, 0.25) is 5.91 Å². The molecule has 1 aromatic heterocycles. The molecule has 0 spiro atoms. The number of H-pyrrole nitrogens is 1. The van der Waals surface area contributed by atoms with E-state index >= 15 is 0 Å². The fourth-order valence-corrected chi connectivity index (χ4v) is 2.41. The van der Waals surface area contributed by atoms with Crippen LogP contribution in [0.25, 0.3) is 11.4 Å². The summed E-state index contributed by atoms with van der Waals surface area (Å²) < 4.78 is 0. The summed E-state index contributed by atoms with van der Waals surface area (Å²) in [5.74, 6) is 0.443. The predicted octanol–water partition coefficient (Wildman–Crippen LogP) is 2.93. The fourth-order valence-electron chi connectivity index (χ4n) is 2.41. The van der Waals surface area contributed by atoms with Gasteiger partial charge < -0.3 is 10.3 Å². The quantitative estimate of drug-likeness (QED) is 0.776. The van der Waals surface area contributed by atoms with Crippen molar-refractivity contribution < 1.29 is 4.79 Å². The van der Waals surface area contributed by atoms with Crippen LogP contribution in [0.2, 0.25) is 0 Å². The van der Waals surface area contributed by atoms with Crippen molar-refractivity contribution in [2.75, 3.05) is 5.32 Å². The molecule has 0 aliphatic heterocycles. The first kappa shape index (κ1) is 15.7. The molecule has 0 aliphatic carbocycles. The molecule has 2 N–H and O–H groups in total. The molecular weight excluding hydrogens is 302 g/mol. The molecule has 2 aromatic carbocycles. The lowest BCUT2D eigenvalue weighted by molar-refractivity contribution is -0.115. The maximum Gasteiger partial charge on any atom is 0.251 e. The van der Waals surface area contributed by atoms with Gasteiger partial charge in [-0.2, -0.15) is 0 Å². The summed E-state index contributed by atoms with van der Waals surface area (Å²) in [6, 6.07) is 18.2. The van der Waals surface area contributed by atoms with Crippen LogP contribution in [-0.2, 0) is 11.2 Å². The number of amides is 1. The van der Waals surface area contributed by atoms with Gasteiger partial charge in [-0.25, -0.2) is 4.98 Å². The van der Waals surface area contributed by atoms with Crippen molar-refractivity contribution in [1.82, 2.24) is 9.97 Å². The molecule has 5 heteroatoms. The van der Waals surface area contributed by atoms with Gasteiger partial charge >= 0.3 is 0 Å². The second-order valence-corrected chi connectivity index (χ2v) is 5.52.